The van der Waals surface area contributed by atoms with Crippen LogP contribution in [0.2, 0.25) is 0 Å². The summed E-state index contributed by atoms with van der Waals surface area (Å²) in [6, 6.07) is 3.81. The van der Waals surface area contributed by atoms with Crippen molar-refractivity contribution < 1.29 is 23.9 Å². The maximum Gasteiger partial charge on any atom is 0.339 e. The summed E-state index contributed by atoms with van der Waals surface area (Å²) >= 11 is 1.16. The Morgan fingerprint density at radius 3 is 2.87 bits per heavy atom. The van der Waals surface area contributed by atoms with E-state index in [1.54, 1.807) is 32.9 Å². The third-order valence-corrected chi connectivity index (χ3v) is 5.89. The fourth-order valence-corrected chi connectivity index (χ4v) is 4.18. The van der Waals surface area contributed by atoms with Crippen molar-refractivity contribution in [3.8, 4) is 5.75 Å². The summed E-state index contributed by atoms with van der Waals surface area (Å²) in [6.07, 6.45) is 0.674. The zero-order valence-corrected chi connectivity index (χ0v) is 17.8. The van der Waals surface area contributed by atoms with E-state index in [4.69, 9.17) is 9.47 Å². The van der Waals surface area contributed by atoms with Crippen molar-refractivity contribution in [1.29, 1.82) is 0 Å². The Labute approximate surface area is 180 Å². The highest BCUT2D eigenvalue weighted by Crippen LogP contribution is 2.31. The third-order valence-electron chi connectivity index (χ3n) is 5.01. The molecule has 2 atom stereocenters. The van der Waals surface area contributed by atoms with E-state index in [1.165, 1.54) is 22.3 Å². The first kappa shape index (κ1) is 20.7. The minimum Gasteiger partial charge on any atom is -0.479 e. The Morgan fingerprint density at radius 1 is 1.35 bits per heavy atom. The van der Waals surface area contributed by atoms with Crippen LogP contribution in [0.25, 0.3) is 10.2 Å². The van der Waals surface area contributed by atoms with E-state index in [9.17, 15) is 19.2 Å². The average Bonchev–Trinajstić information content (AvgIpc) is 3.19. The molecule has 0 bridgehead atoms. The molecule has 2 aromatic heterocycles. The minimum atomic E-state index is -0.892. The Hall–Kier alpha value is -3.53. The average molecular weight is 441 g/mol. The number of aromatic nitrogens is 2. The van der Waals surface area contributed by atoms with Crippen LogP contribution in [0.15, 0.2) is 34.7 Å². The van der Waals surface area contributed by atoms with Gasteiger partial charge in [-0.25, -0.2) is 9.78 Å². The molecule has 1 aliphatic rings. The van der Waals surface area contributed by atoms with Crippen LogP contribution in [-0.4, -0.2) is 39.9 Å². The topological polar surface area (TPSA) is 117 Å². The SMILES string of the molecule is CCOC(=O)c1csc2ncn(C(C)C(=O)c3ccc4c(c3)NC(=O)C(C)O4)c(=O)c12. The lowest BCUT2D eigenvalue weighted by Gasteiger charge is -2.24. The van der Waals surface area contributed by atoms with Gasteiger partial charge in [0.1, 0.15) is 10.6 Å². The number of nitrogens with zero attached hydrogens (tertiary/aromatic N) is 2. The summed E-state index contributed by atoms with van der Waals surface area (Å²) in [4.78, 5) is 54.9. The molecule has 1 aromatic carbocycles. The molecule has 31 heavy (non-hydrogen) atoms. The first-order valence-electron chi connectivity index (χ1n) is 9.63. The van der Waals surface area contributed by atoms with Gasteiger partial charge in [0.25, 0.3) is 11.5 Å². The summed E-state index contributed by atoms with van der Waals surface area (Å²) < 4.78 is 11.7. The monoisotopic (exact) mass is 441 g/mol. The lowest BCUT2D eigenvalue weighted by molar-refractivity contribution is -0.122. The fourth-order valence-electron chi connectivity index (χ4n) is 3.31. The summed E-state index contributed by atoms with van der Waals surface area (Å²) in [7, 11) is 0. The van der Waals surface area contributed by atoms with E-state index < -0.39 is 23.7 Å². The molecular formula is C21H19N3O6S. The molecule has 0 spiro atoms. The van der Waals surface area contributed by atoms with Gasteiger partial charge in [0.15, 0.2) is 11.9 Å². The molecule has 0 fully saturated rings. The van der Waals surface area contributed by atoms with E-state index in [2.05, 4.69) is 10.3 Å². The van der Waals surface area contributed by atoms with Crippen molar-refractivity contribution in [3.05, 3.63) is 51.4 Å². The van der Waals surface area contributed by atoms with Gasteiger partial charge >= 0.3 is 5.97 Å². The van der Waals surface area contributed by atoms with Crippen LogP contribution in [0, 0.1) is 0 Å². The van der Waals surface area contributed by atoms with Crippen molar-refractivity contribution in [2.45, 2.75) is 32.9 Å². The zero-order chi connectivity index (χ0) is 22.3. The maximum absolute atomic E-state index is 13.1. The van der Waals surface area contributed by atoms with E-state index in [-0.39, 0.29) is 29.2 Å². The third kappa shape index (κ3) is 3.59. The summed E-state index contributed by atoms with van der Waals surface area (Å²) in [5.74, 6) is -0.801. The Balaban J connectivity index is 1.70. The summed E-state index contributed by atoms with van der Waals surface area (Å²) in [5.41, 5.74) is 0.326. The number of esters is 1. The van der Waals surface area contributed by atoms with Gasteiger partial charge in [-0.2, -0.15) is 0 Å². The lowest BCUT2D eigenvalue weighted by Crippen LogP contribution is -2.34. The number of amides is 1. The van der Waals surface area contributed by atoms with Crippen LogP contribution in [-0.2, 0) is 9.53 Å². The molecule has 4 rings (SSSR count). The van der Waals surface area contributed by atoms with Crippen molar-refractivity contribution >= 4 is 44.9 Å². The van der Waals surface area contributed by atoms with Crippen molar-refractivity contribution in [2.24, 2.45) is 0 Å². The first-order chi connectivity index (χ1) is 14.8. The number of thiophene rings is 1. The number of carbonyl (C=O) groups excluding carboxylic acids is 3. The largest absolute Gasteiger partial charge is 0.479 e. The molecule has 0 saturated carbocycles. The molecule has 1 amide bonds. The Bertz CT molecular complexity index is 1280. The predicted octanol–water partition coefficient (Wildman–Crippen LogP) is 2.80. The molecule has 9 nitrogen and oxygen atoms in total. The molecule has 0 radical (unpaired) electrons. The van der Waals surface area contributed by atoms with Gasteiger partial charge in [0, 0.05) is 10.9 Å². The number of fused-ring (bicyclic) bond motifs is 2. The molecule has 160 valence electrons. The summed E-state index contributed by atoms with van der Waals surface area (Å²) in [5, 5.41) is 4.36. The maximum atomic E-state index is 13.1. The predicted molar refractivity (Wildman–Crippen MR) is 114 cm³/mol. The number of hydrogen-bond donors (Lipinski definition) is 1. The second-order valence-corrected chi connectivity index (χ2v) is 7.87. The molecule has 1 aliphatic heterocycles. The van der Waals surface area contributed by atoms with Crippen LogP contribution < -0.4 is 15.6 Å². The van der Waals surface area contributed by atoms with E-state index in [0.29, 0.717) is 21.8 Å². The second-order valence-electron chi connectivity index (χ2n) is 7.01. The molecule has 0 aliphatic carbocycles. The molecule has 10 heteroatoms. The van der Waals surface area contributed by atoms with Gasteiger partial charge in [-0.05, 0) is 39.0 Å². The number of Topliss-reactive ketones (excluding diaryl/α,β-unsaturated/α-hetero) is 1. The number of anilines is 1. The van der Waals surface area contributed by atoms with Gasteiger partial charge in [-0.3, -0.25) is 19.0 Å². The van der Waals surface area contributed by atoms with Gasteiger partial charge in [0.05, 0.1) is 35.6 Å². The molecule has 3 aromatic rings. The van der Waals surface area contributed by atoms with Crippen molar-refractivity contribution in [3.63, 3.8) is 0 Å². The quantitative estimate of drug-likeness (QED) is 0.478. The van der Waals surface area contributed by atoms with Gasteiger partial charge in [-0.15, -0.1) is 11.3 Å². The number of carbonyl (C=O) groups is 3. The number of nitrogens with one attached hydrogen (secondary N) is 1. The van der Waals surface area contributed by atoms with Gasteiger partial charge < -0.3 is 14.8 Å². The van der Waals surface area contributed by atoms with E-state index in [0.717, 1.165) is 11.3 Å². The Morgan fingerprint density at radius 2 is 2.13 bits per heavy atom. The smallest absolute Gasteiger partial charge is 0.339 e. The number of rotatable bonds is 5. The van der Waals surface area contributed by atoms with E-state index >= 15 is 0 Å². The molecule has 1 N–H and O–H groups in total. The highest BCUT2D eigenvalue weighted by molar-refractivity contribution is 7.17. The van der Waals surface area contributed by atoms with Gasteiger partial charge in [0.2, 0.25) is 0 Å². The Kier molecular flexibility index (Phi) is 5.32. The zero-order valence-electron chi connectivity index (χ0n) is 17.0. The molecule has 0 saturated heterocycles. The van der Waals surface area contributed by atoms with Gasteiger partial charge in [-0.1, -0.05) is 0 Å². The van der Waals surface area contributed by atoms with E-state index in [1.807, 2.05) is 0 Å². The molecular weight excluding hydrogens is 422 g/mol. The molecule has 2 unspecified atom stereocenters. The second kappa shape index (κ2) is 7.95. The van der Waals surface area contributed by atoms with Crippen molar-refractivity contribution in [2.75, 3.05) is 11.9 Å². The van der Waals surface area contributed by atoms with Crippen LogP contribution in [0.5, 0.6) is 5.75 Å². The number of ether oxygens (including phenoxy) is 2. The lowest BCUT2D eigenvalue weighted by atomic mass is 10.0. The highest BCUT2D eigenvalue weighted by atomic mass is 32.1. The first-order valence-corrected chi connectivity index (χ1v) is 10.5. The number of hydrogen-bond acceptors (Lipinski definition) is 8. The number of benzene rings is 1. The fraction of sp³-hybridized carbons (Fsp3) is 0.286. The normalized spacial score (nSPS) is 16.2. The van der Waals surface area contributed by atoms with Crippen molar-refractivity contribution in [1.82, 2.24) is 9.55 Å². The number of ketones is 1. The van der Waals surface area contributed by atoms with Crippen LogP contribution in [0.1, 0.15) is 47.5 Å². The van der Waals surface area contributed by atoms with Crippen LogP contribution in [0.3, 0.4) is 0 Å². The van der Waals surface area contributed by atoms with Crippen LogP contribution >= 0.6 is 11.3 Å². The summed E-state index contributed by atoms with van der Waals surface area (Å²) in [6.45, 7) is 5.06. The van der Waals surface area contributed by atoms with Crippen LogP contribution in [0.4, 0.5) is 5.69 Å². The minimum absolute atomic E-state index is 0.130. The highest BCUT2D eigenvalue weighted by Gasteiger charge is 2.27. The molecule has 3 heterocycles. The standard InChI is InChI=1S/C21H19N3O6S/c1-4-29-21(28)13-8-31-19-16(13)20(27)24(9-22-19)10(2)17(25)12-5-6-15-14(7-12)23-18(26)11(3)30-15/h5-11H,4H2,1-3H3,(H,23,26).